The summed E-state index contributed by atoms with van der Waals surface area (Å²) in [5.41, 5.74) is 2.60. The van der Waals surface area contributed by atoms with Gasteiger partial charge in [0.15, 0.2) is 0 Å². The normalized spacial score (nSPS) is 16.4. The third kappa shape index (κ3) is 3.28. The SMILES string of the molecule is CCN(Cc1ccc(Cl)s1)C(=O)NC1CCc2ccccc21. The fourth-order valence-corrected chi connectivity index (χ4v) is 4.00. The maximum absolute atomic E-state index is 12.5. The van der Waals surface area contributed by atoms with E-state index in [4.69, 9.17) is 11.6 Å². The molecule has 3 rings (SSSR count). The number of aryl methyl sites for hydroxylation is 1. The number of benzene rings is 1. The van der Waals surface area contributed by atoms with Crippen LogP contribution in [-0.2, 0) is 13.0 Å². The molecule has 1 heterocycles. The smallest absolute Gasteiger partial charge is 0.318 e. The van der Waals surface area contributed by atoms with Crippen molar-refractivity contribution in [2.45, 2.75) is 32.4 Å². The van der Waals surface area contributed by atoms with Gasteiger partial charge in [0.1, 0.15) is 0 Å². The van der Waals surface area contributed by atoms with Crippen molar-refractivity contribution in [2.75, 3.05) is 6.54 Å². The highest BCUT2D eigenvalue weighted by molar-refractivity contribution is 7.16. The molecule has 1 aliphatic rings. The van der Waals surface area contributed by atoms with E-state index in [0.717, 1.165) is 22.1 Å². The molecule has 0 bridgehead atoms. The zero-order valence-corrected chi connectivity index (χ0v) is 14.1. The van der Waals surface area contributed by atoms with E-state index in [-0.39, 0.29) is 12.1 Å². The van der Waals surface area contributed by atoms with Crippen LogP contribution in [0.15, 0.2) is 36.4 Å². The zero-order valence-electron chi connectivity index (χ0n) is 12.5. The molecule has 1 atom stereocenters. The van der Waals surface area contributed by atoms with Gasteiger partial charge in [0.05, 0.1) is 16.9 Å². The van der Waals surface area contributed by atoms with Crippen LogP contribution in [0.5, 0.6) is 0 Å². The molecule has 0 spiro atoms. The van der Waals surface area contributed by atoms with Crippen molar-refractivity contribution in [3.8, 4) is 0 Å². The quantitative estimate of drug-likeness (QED) is 0.869. The monoisotopic (exact) mass is 334 g/mol. The number of urea groups is 1. The first-order chi connectivity index (χ1) is 10.7. The van der Waals surface area contributed by atoms with Crippen molar-refractivity contribution in [1.29, 1.82) is 0 Å². The average Bonchev–Trinajstić information content (AvgIpc) is 3.11. The van der Waals surface area contributed by atoms with Crippen LogP contribution in [0.2, 0.25) is 4.34 Å². The summed E-state index contributed by atoms with van der Waals surface area (Å²) >= 11 is 7.48. The molecule has 1 N–H and O–H groups in total. The van der Waals surface area contributed by atoms with Gasteiger partial charge in [-0.2, -0.15) is 0 Å². The summed E-state index contributed by atoms with van der Waals surface area (Å²) in [4.78, 5) is 15.5. The molecule has 0 aliphatic heterocycles. The summed E-state index contributed by atoms with van der Waals surface area (Å²) in [5.74, 6) is 0. The highest BCUT2D eigenvalue weighted by Gasteiger charge is 2.25. The number of thiophene rings is 1. The molecule has 116 valence electrons. The maximum Gasteiger partial charge on any atom is 0.318 e. The number of hydrogen-bond acceptors (Lipinski definition) is 2. The minimum Gasteiger partial charge on any atom is -0.331 e. The van der Waals surface area contributed by atoms with Crippen LogP contribution in [0.3, 0.4) is 0 Å². The summed E-state index contributed by atoms with van der Waals surface area (Å²) < 4.78 is 0.760. The van der Waals surface area contributed by atoms with Gasteiger partial charge < -0.3 is 10.2 Å². The van der Waals surface area contributed by atoms with Crippen molar-refractivity contribution in [3.63, 3.8) is 0 Å². The molecule has 0 radical (unpaired) electrons. The fourth-order valence-electron chi connectivity index (χ4n) is 2.90. The van der Waals surface area contributed by atoms with Crippen LogP contribution >= 0.6 is 22.9 Å². The molecule has 1 aliphatic carbocycles. The molecule has 2 aromatic rings. The Morgan fingerprint density at radius 3 is 2.91 bits per heavy atom. The Labute approximate surface area is 139 Å². The summed E-state index contributed by atoms with van der Waals surface area (Å²) in [6.45, 7) is 3.28. The maximum atomic E-state index is 12.5. The van der Waals surface area contributed by atoms with Crippen molar-refractivity contribution in [1.82, 2.24) is 10.2 Å². The Morgan fingerprint density at radius 2 is 2.18 bits per heavy atom. The van der Waals surface area contributed by atoms with Crippen LogP contribution in [0.25, 0.3) is 0 Å². The predicted octanol–water partition coefficient (Wildman–Crippen LogP) is 4.62. The highest BCUT2D eigenvalue weighted by atomic mass is 35.5. The van der Waals surface area contributed by atoms with Crippen molar-refractivity contribution < 1.29 is 4.79 Å². The third-order valence-electron chi connectivity index (χ3n) is 4.08. The lowest BCUT2D eigenvalue weighted by Crippen LogP contribution is -2.40. The van der Waals surface area contributed by atoms with E-state index in [1.807, 2.05) is 30.0 Å². The lowest BCUT2D eigenvalue weighted by molar-refractivity contribution is 0.194. The van der Waals surface area contributed by atoms with E-state index in [1.165, 1.54) is 22.5 Å². The van der Waals surface area contributed by atoms with Crippen molar-refractivity contribution >= 4 is 29.0 Å². The average molecular weight is 335 g/mol. The second-order valence-corrected chi connectivity index (χ2v) is 7.26. The van der Waals surface area contributed by atoms with Gasteiger partial charge in [-0.25, -0.2) is 4.79 Å². The molecule has 0 saturated carbocycles. The van der Waals surface area contributed by atoms with Crippen LogP contribution < -0.4 is 5.32 Å². The lowest BCUT2D eigenvalue weighted by atomic mass is 10.1. The number of halogens is 1. The third-order valence-corrected chi connectivity index (χ3v) is 5.29. The Hall–Kier alpha value is -1.52. The van der Waals surface area contributed by atoms with Gasteiger partial charge in [-0.1, -0.05) is 35.9 Å². The van der Waals surface area contributed by atoms with Crippen LogP contribution in [0.1, 0.15) is 35.4 Å². The minimum atomic E-state index is -0.00581. The molecule has 3 nitrogen and oxygen atoms in total. The Balaban J connectivity index is 1.65. The highest BCUT2D eigenvalue weighted by Crippen LogP contribution is 2.31. The van der Waals surface area contributed by atoms with Gasteiger partial charge in [-0.3, -0.25) is 0 Å². The van der Waals surface area contributed by atoms with Gasteiger partial charge in [0.2, 0.25) is 0 Å². The number of amides is 2. The van der Waals surface area contributed by atoms with E-state index >= 15 is 0 Å². The van der Waals surface area contributed by atoms with Gasteiger partial charge in [-0.05, 0) is 43.0 Å². The summed E-state index contributed by atoms with van der Waals surface area (Å²) in [5, 5.41) is 3.17. The first kappa shape index (κ1) is 15.4. The Kier molecular flexibility index (Phi) is 4.69. The minimum absolute atomic E-state index is 0.00581. The molecule has 5 heteroatoms. The van der Waals surface area contributed by atoms with E-state index in [2.05, 4.69) is 23.5 Å². The number of rotatable bonds is 4. The molecule has 1 unspecified atom stereocenters. The summed E-state index contributed by atoms with van der Waals surface area (Å²) in [6.07, 6.45) is 2.02. The summed E-state index contributed by atoms with van der Waals surface area (Å²) in [7, 11) is 0. The first-order valence-electron chi connectivity index (χ1n) is 7.55. The number of nitrogens with one attached hydrogen (secondary N) is 1. The standard InChI is InChI=1S/C17H19ClN2OS/c1-2-20(11-13-8-10-16(18)22-13)17(21)19-15-9-7-12-5-3-4-6-14(12)15/h3-6,8,10,15H,2,7,9,11H2,1H3,(H,19,21). The van der Waals surface area contributed by atoms with Gasteiger partial charge in [0.25, 0.3) is 0 Å². The molecule has 1 aromatic carbocycles. The zero-order chi connectivity index (χ0) is 15.5. The Morgan fingerprint density at radius 1 is 1.36 bits per heavy atom. The van der Waals surface area contributed by atoms with Crippen molar-refractivity contribution in [3.05, 3.63) is 56.7 Å². The molecule has 0 fully saturated rings. The van der Waals surface area contributed by atoms with Gasteiger partial charge in [0, 0.05) is 11.4 Å². The van der Waals surface area contributed by atoms with Crippen LogP contribution in [0, 0.1) is 0 Å². The molecular formula is C17H19ClN2OS. The molecule has 0 saturated heterocycles. The second-order valence-electron chi connectivity index (χ2n) is 5.46. The van der Waals surface area contributed by atoms with Gasteiger partial charge in [-0.15, -0.1) is 11.3 Å². The van der Waals surface area contributed by atoms with E-state index in [1.54, 1.807) is 0 Å². The molecule has 2 amide bonds. The first-order valence-corrected chi connectivity index (χ1v) is 8.74. The van der Waals surface area contributed by atoms with E-state index < -0.39 is 0 Å². The molecular weight excluding hydrogens is 316 g/mol. The number of carbonyl (C=O) groups excluding carboxylic acids is 1. The van der Waals surface area contributed by atoms with Gasteiger partial charge >= 0.3 is 6.03 Å². The predicted molar refractivity (Wildman–Crippen MR) is 91.4 cm³/mol. The Bertz CT molecular complexity index is 670. The van der Waals surface area contributed by atoms with Crippen molar-refractivity contribution in [2.24, 2.45) is 0 Å². The number of carbonyl (C=O) groups is 1. The second kappa shape index (κ2) is 6.71. The van der Waals surface area contributed by atoms with Crippen LogP contribution in [-0.4, -0.2) is 17.5 Å². The van der Waals surface area contributed by atoms with Crippen LogP contribution in [0.4, 0.5) is 4.79 Å². The molecule has 1 aromatic heterocycles. The topological polar surface area (TPSA) is 32.3 Å². The fraction of sp³-hybridized carbons (Fsp3) is 0.353. The number of fused-ring (bicyclic) bond motifs is 1. The lowest BCUT2D eigenvalue weighted by Gasteiger charge is -2.23. The molecule has 22 heavy (non-hydrogen) atoms. The summed E-state index contributed by atoms with van der Waals surface area (Å²) in [6, 6.07) is 12.3. The van der Waals surface area contributed by atoms with E-state index in [0.29, 0.717) is 13.1 Å². The number of hydrogen-bond donors (Lipinski definition) is 1. The largest absolute Gasteiger partial charge is 0.331 e. The van der Waals surface area contributed by atoms with E-state index in [9.17, 15) is 4.79 Å². The number of nitrogens with zero attached hydrogens (tertiary/aromatic N) is 1.